The van der Waals surface area contributed by atoms with Crippen molar-refractivity contribution >= 4 is 38.5 Å². The van der Waals surface area contributed by atoms with Crippen LogP contribution in [0.15, 0.2) is 35.1 Å². The van der Waals surface area contributed by atoms with Gasteiger partial charge in [-0.2, -0.15) is 5.10 Å². The van der Waals surface area contributed by atoms with Gasteiger partial charge in [0.15, 0.2) is 0 Å². The quantitative estimate of drug-likeness (QED) is 0.673. The number of hydrogen-bond acceptors (Lipinski definition) is 2. The number of halogens is 2. The van der Waals surface area contributed by atoms with E-state index in [1.807, 2.05) is 10.9 Å². The van der Waals surface area contributed by atoms with E-state index in [0.29, 0.717) is 6.04 Å². The predicted molar refractivity (Wildman–Crippen MR) is 94.9 cm³/mol. The van der Waals surface area contributed by atoms with Crippen LogP contribution >= 0.6 is 38.5 Å². The van der Waals surface area contributed by atoms with Crippen molar-refractivity contribution in [3.8, 4) is 0 Å². The van der Waals surface area contributed by atoms with Crippen molar-refractivity contribution in [2.24, 2.45) is 0 Å². The van der Waals surface area contributed by atoms with E-state index in [0.717, 1.165) is 24.0 Å². The first-order valence-corrected chi connectivity index (χ1v) is 8.70. The Bertz CT molecular complexity index is 568. The third-order valence-electron chi connectivity index (χ3n) is 3.23. The molecule has 0 saturated heterocycles. The van der Waals surface area contributed by atoms with E-state index in [4.69, 9.17) is 0 Å². The zero-order valence-corrected chi connectivity index (χ0v) is 15.5. The summed E-state index contributed by atoms with van der Waals surface area (Å²) in [6, 6.07) is 6.78. The minimum absolute atomic E-state index is 0.304. The van der Waals surface area contributed by atoms with Gasteiger partial charge < -0.3 is 5.32 Å². The lowest BCUT2D eigenvalue weighted by molar-refractivity contribution is 0.547. The van der Waals surface area contributed by atoms with Crippen molar-refractivity contribution in [3.05, 3.63) is 49.8 Å². The molecular weight excluding hydrogens is 429 g/mol. The van der Waals surface area contributed by atoms with Crippen LogP contribution in [-0.4, -0.2) is 16.3 Å². The molecule has 1 atom stereocenters. The van der Waals surface area contributed by atoms with Gasteiger partial charge in [-0.1, -0.05) is 22.9 Å². The molecule has 1 aromatic carbocycles. The van der Waals surface area contributed by atoms with E-state index in [1.54, 1.807) is 0 Å². The Balaban J connectivity index is 2.23. The molecular formula is C15H19BrIN3. The Morgan fingerprint density at radius 2 is 2.20 bits per heavy atom. The summed E-state index contributed by atoms with van der Waals surface area (Å²) in [5.74, 6) is 0. The Morgan fingerprint density at radius 3 is 2.85 bits per heavy atom. The maximum Gasteiger partial charge on any atom is 0.0522 e. The first-order valence-electron chi connectivity index (χ1n) is 6.83. The highest BCUT2D eigenvalue weighted by atomic mass is 127. The summed E-state index contributed by atoms with van der Waals surface area (Å²) >= 11 is 6.03. The number of benzene rings is 1. The highest BCUT2D eigenvalue weighted by Crippen LogP contribution is 2.27. The minimum Gasteiger partial charge on any atom is -0.310 e. The van der Waals surface area contributed by atoms with E-state index in [1.165, 1.54) is 14.7 Å². The average Bonchev–Trinajstić information content (AvgIpc) is 2.89. The van der Waals surface area contributed by atoms with Gasteiger partial charge in [-0.05, 0) is 71.8 Å². The Morgan fingerprint density at radius 1 is 1.40 bits per heavy atom. The molecule has 2 rings (SSSR count). The number of hydrogen-bond donors (Lipinski definition) is 1. The fourth-order valence-corrected chi connectivity index (χ4v) is 3.28. The summed E-state index contributed by atoms with van der Waals surface area (Å²) in [5, 5.41) is 7.93. The molecule has 0 spiro atoms. The SMILES string of the molecule is CCNC(Cc1cnn(CC)c1)c1cc(I)ccc1Br. The van der Waals surface area contributed by atoms with E-state index in [-0.39, 0.29) is 0 Å². The minimum atomic E-state index is 0.304. The molecule has 0 saturated carbocycles. The van der Waals surface area contributed by atoms with E-state index >= 15 is 0 Å². The molecule has 20 heavy (non-hydrogen) atoms. The fraction of sp³-hybridized carbons (Fsp3) is 0.400. The average molecular weight is 448 g/mol. The molecule has 0 aliphatic rings. The lowest BCUT2D eigenvalue weighted by Gasteiger charge is -2.19. The maximum absolute atomic E-state index is 4.36. The summed E-state index contributed by atoms with van der Waals surface area (Å²) < 4.78 is 4.39. The molecule has 1 unspecified atom stereocenters. The summed E-state index contributed by atoms with van der Waals surface area (Å²) in [7, 11) is 0. The first-order chi connectivity index (χ1) is 9.63. The second kappa shape index (κ2) is 7.56. The van der Waals surface area contributed by atoms with E-state index in [2.05, 4.69) is 87.2 Å². The van der Waals surface area contributed by atoms with Crippen LogP contribution in [0.2, 0.25) is 0 Å². The second-order valence-corrected chi connectivity index (χ2v) is 6.78. The van der Waals surface area contributed by atoms with Gasteiger partial charge in [0.1, 0.15) is 0 Å². The van der Waals surface area contributed by atoms with Crippen molar-refractivity contribution < 1.29 is 0 Å². The van der Waals surface area contributed by atoms with Gasteiger partial charge in [-0.15, -0.1) is 0 Å². The summed E-state index contributed by atoms with van der Waals surface area (Å²) in [4.78, 5) is 0. The van der Waals surface area contributed by atoms with Crippen LogP contribution < -0.4 is 5.32 Å². The normalized spacial score (nSPS) is 12.6. The van der Waals surface area contributed by atoms with Crippen molar-refractivity contribution in [1.29, 1.82) is 0 Å². The van der Waals surface area contributed by atoms with E-state index in [9.17, 15) is 0 Å². The molecule has 0 amide bonds. The monoisotopic (exact) mass is 447 g/mol. The first kappa shape index (κ1) is 16.0. The maximum atomic E-state index is 4.36. The predicted octanol–water partition coefficient (Wildman–Crippen LogP) is 4.16. The molecule has 0 aliphatic heterocycles. The Kier molecular flexibility index (Phi) is 6.04. The van der Waals surface area contributed by atoms with Gasteiger partial charge >= 0.3 is 0 Å². The largest absolute Gasteiger partial charge is 0.310 e. The molecule has 108 valence electrons. The lowest BCUT2D eigenvalue weighted by Crippen LogP contribution is -2.23. The van der Waals surface area contributed by atoms with Crippen molar-refractivity contribution in [1.82, 2.24) is 15.1 Å². The molecule has 1 N–H and O–H groups in total. The van der Waals surface area contributed by atoms with Crippen molar-refractivity contribution in [3.63, 3.8) is 0 Å². The highest BCUT2D eigenvalue weighted by Gasteiger charge is 2.15. The van der Waals surface area contributed by atoms with Crippen molar-refractivity contribution in [2.75, 3.05) is 6.54 Å². The molecule has 1 aromatic heterocycles. The third kappa shape index (κ3) is 4.05. The number of likely N-dealkylation sites (N-methyl/N-ethyl adjacent to an activating group) is 1. The number of aromatic nitrogens is 2. The lowest BCUT2D eigenvalue weighted by atomic mass is 10.0. The zero-order chi connectivity index (χ0) is 14.5. The molecule has 3 nitrogen and oxygen atoms in total. The standard InChI is InChI=1S/C15H19BrIN3/c1-3-18-15(7-11-9-19-20(4-2)10-11)13-8-12(17)5-6-14(13)16/h5-6,8-10,15,18H,3-4,7H2,1-2H3. The van der Waals surface area contributed by atoms with Gasteiger partial charge in [0.05, 0.1) is 6.20 Å². The van der Waals surface area contributed by atoms with Crippen molar-refractivity contribution in [2.45, 2.75) is 32.9 Å². The van der Waals surface area contributed by atoms with Gasteiger partial charge in [-0.25, -0.2) is 0 Å². The fourth-order valence-electron chi connectivity index (χ4n) is 2.24. The van der Waals surface area contributed by atoms with Crippen LogP contribution in [-0.2, 0) is 13.0 Å². The second-order valence-electron chi connectivity index (χ2n) is 4.68. The van der Waals surface area contributed by atoms with Crippen LogP contribution in [0.5, 0.6) is 0 Å². The Labute approximate surface area is 142 Å². The topological polar surface area (TPSA) is 29.9 Å². The van der Waals surface area contributed by atoms with Gasteiger partial charge in [0, 0.05) is 26.8 Å². The molecule has 0 radical (unpaired) electrons. The number of nitrogens with one attached hydrogen (secondary N) is 1. The summed E-state index contributed by atoms with van der Waals surface area (Å²) in [6.45, 7) is 6.11. The molecule has 5 heteroatoms. The molecule has 2 aromatic rings. The number of nitrogens with zero attached hydrogens (tertiary/aromatic N) is 2. The molecule has 0 bridgehead atoms. The Hall–Kier alpha value is -0.400. The third-order valence-corrected chi connectivity index (χ3v) is 4.63. The molecule has 0 fully saturated rings. The summed E-state index contributed by atoms with van der Waals surface area (Å²) in [6.07, 6.45) is 5.05. The van der Waals surface area contributed by atoms with Gasteiger partial charge in [0.25, 0.3) is 0 Å². The van der Waals surface area contributed by atoms with E-state index < -0.39 is 0 Å². The number of aryl methyl sites for hydroxylation is 1. The number of rotatable bonds is 6. The van der Waals surface area contributed by atoms with Crippen LogP contribution in [0.1, 0.15) is 31.0 Å². The zero-order valence-electron chi connectivity index (χ0n) is 11.7. The molecule has 1 heterocycles. The van der Waals surface area contributed by atoms with Crippen LogP contribution in [0.4, 0.5) is 0 Å². The van der Waals surface area contributed by atoms with Gasteiger partial charge in [0.2, 0.25) is 0 Å². The van der Waals surface area contributed by atoms with Gasteiger partial charge in [-0.3, -0.25) is 4.68 Å². The smallest absolute Gasteiger partial charge is 0.0522 e. The van der Waals surface area contributed by atoms with Crippen LogP contribution in [0.25, 0.3) is 0 Å². The highest BCUT2D eigenvalue weighted by molar-refractivity contribution is 14.1. The summed E-state index contributed by atoms with van der Waals surface area (Å²) in [5.41, 5.74) is 2.58. The molecule has 0 aliphatic carbocycles. The van der Waals surface area contributed by atoms with Crippen LogP contribution in [0.3, 0.4) is 0 Å². The van der Waals surface area contributed by atoms with Crippen LogP contribution in [0, 0.1) is 3.57 Å².